The number of hydrogen-bond donors (Lipinski definition) is 1. The summed E-state index contributed by atoms with van der Waals surface area (Å²) in [7, 11) is 1.71. The first-order valence-corrected chi connectivity index (χ1v) is 4.46. The number of nitrogens with one attached hydrogen (secondary N) is 1. The van der Waals surface area contributed by atoms with Crippen LogP contribution in [0.25, 0.3) is 0 Å². The maximum absolute atomic E-state index is 5.35. The van der Waals surface area contributed by atoms with E-state index >= 15 is 0 Å². The Morgan fingerprint density at radius 1 is 1.58 bits per heavy atom. The maximum Gasteiger partial charge on any atom is 0.0711 e. The normalized spacial score (nSPS) is 15.2. The minimum absolute atomic E-state index is 0.153. The molecule has 0 bridgehead atoms. The van der Waals surface area contributed by atoms with E-state index < -0.39 is 0 Å². The van der Waals surface area contributed by atoms with Crippen LogP contribution in [0, 0.1) is 12.3 Å². The van der Waals surface area contributed by atoms with E-state index in [2.05, 4.69) is 18.2 Å². The summed E-state index contributed by atoms with van der Waals surface area (Å²) in [5.74, 6) is 2.71. The molecule has 0 amide bonds. The Hall–Kier alpha value is -0.520. The Morgan fingerprint density at radius 2 is 2.25 bits per heavy atom. The first kappa shape index (κ1) is 11.5. The third-order valence-electron chi connectivity index (χ3n) is 1.81. The van der Waals surface area contributed by atoms with E-state index in [1.165, 1.54) is 0 Å². The standard InChI is InChI=1S/C10H19NO/c1-5-7-11-10(6-2)8-9(3)12-4/h2,9-11H,5,7-8H2,1,3-4H3. The van der Waals surface area contributed by atoms with Gasteiger partial charge in [-0.3, -0.25) is 0 Å². The molecule has 0 rings (SSSR count). The lowest BCUT2D eigenvalue weighted by atomic mass is 10.1. The summed E-state index contributed by atoms with van der Waals surface area (Å²) in [6.45, 7) is 5.13. The van der Waals surface area contributed by atoms with Crippen molar-refractivity contribution in [2.45, 2.75) is 38.8 Å². The Labute approximate surface area is 75.7 Å². The van der Waals surface area contributed by atoms with Gasteiger partial charge in [0.2, 0.25) is 0 Å². The van der Waals surface area contributed by atoms with E-state index in [0.29, 0.717) is 0 Å². The predicted molar refractivity (Wildman–Crippen MR) is 52.0 cm³/mol. The molecule has 0 fully saturated rings. The quantitative estimate of drug-likeness (QED) is 0.607. The van der Waals surface area contributed by atoms with Gasteiger partial charge in [0.05, 0.1) is 12.1 Å². The van der Waals surface area contributed by atoms with E-state index in [4.69, 9.17) is 11.2 Å². The van der Waals surface area contributed by atoms with Crippen molar-refractivity contribution in [2.75, 3.05) is 13.7 Å². The number of methoxy groups -OCH3 is 1. The molecule has 12 heavy (non-hydrogen) atoms. The Balaban J connectivity index is 3.61. The lowest BCUT2D eigenvalue weighted by Crippen LogP contribution is -2.31. The molecule has 0 aromatic carbocycles. The fourth-order valence-corrected chi connectivity index (χ4v) is 0.957. The third kappa shape index (κ3) is 5.17. The summed E-state index contributed by atoms with van der Waals surface area (Å²) >= 11 is 0. The molecule has 2 unspecified atom stereocenters. The molecular weight excluding hydrogens is 150 g/mol. The van der Waals surface area contributed by atoms with Gasteiger partial charge in [0.1, 0.15) is 0 Å². The van der Waals surface area contributed by atoms with Crippen molar-refractivity contribution in [2.24, 2.45) is 0 Å². The highest BCUT2D eigenvalue weighted by atomic mass is 16.5. The molecule has 70 valence electrons. The first-order valence-electron chi connectivity index (χ1n) is 4.46. The van der Waals surface area contributed by atoms with Crippen LogP contribution < -0.4 is 5.32 Å². The summed E-state index contributed by atoms with van der Waals surface area (Å²) in [6, 6.07) is 0.153. The van der Waals surface area contributed by atoms with Crippen LogP contribution in [0.2, 0.25) is 0 Å². The molecular formula is C10H19NO. The average Bonchev–Trinajstić information content (AvgIpc) is 2.11. The largest absolute Gasteiger partial charge is 0.382 e. The van der Waals surface area contributed by atoms with Crippen LogP contribution in [-0.2, 0) is 4.74 Å². The summed E-state index contributed by atoms with van der Waals surface area (Å²) in [6.07, 6.45) is 7.57. The Morgan fingerprint density at radius 3 is 2.67 bits per heavy atom. The van der Waals surface area contributed by atoms with Crippen LogP contribution in [-0.4, -0.2) is 25.8 Å². The maximum atomic E-state index is 5.35. The zero-order valence-electron chi connectivity index (χ0n) is 8.26. The van der Waals surface area contributed by atoms with Crippen molar-refractivity contribution < 1.29 is 4.74 Å². The van der Waals surface area contributed by atoms with Gasteiger partial charge in [-0.05, 0) is 26.3 Å². The minimum atomic E-state index is 0.153. The van der Waals surface area contributed by atoms with Gasteiger partial charge in [0.15, 0.2) is 0 Å². The molecule has 1 N–H and O–H groups in total. The van der Waals surface area contributed by atoms with Crippen molar-refractivity contribution in [1.82, 2.24) is 5.32 Å². The molecule has 0 aromatic rings. The zero-order valence-corrected chi connectivity index (χ0v) is 8.26. The molecule has 0 aliphatic heterocycles. The second-order valence-electron chi connectivity index (χ2n) is 2.96. The molecule has 0 heterocycles. The zero-order chi connectivity index (χ0) is 9.40. The second-order valence-corrected chi connectivity index (χ2v) is 2.96. The lowest BCUT2D eigenvalue weighted by molar-refractivity contribution is 0.106. The van der Waals surface area contributed by atoms with E-state index in [1.807, 2.05) is 6.92 Å². The van der Waals surface area contributed by atoms with Gasteiger partial charge in [-0.1, -0.05) is 12.8 Å². The van der Waals surface area contributed by atoms with Crippen molar-refractivity contribution in [3.63, 3.8) is 0 Å². The molecule has 2 nitrogen and oxygen atoms in total. The smallest absolute Gasteiger partial charge is 0.0711 e. The molecule has 2 atom stereocenters. The number of rotatable bonds is 6. The summed E-state index contributed by atoms with van der Waals surface area (Å²) in [5, 5.41) is 3.27. The first-order chi connectivity index (χ1) is 5.74. The minimum Gasteiger partial charge on any atom is -0.382 e. The van der Waals surface area contributed by atoms with Crippen LogP contribution in [0.4, 0.5) is 0 Å². The number of hydrogen-bond acceptors (Lipinski definition) is 2. The van der Waals surface area contributed by atoms with Crippen LogP contribution >= 0.6 is 0 Å². The molecule has 0 saturated carbocycles. The van der Waals surface area contributed by atoms with Crippen molar-refractivity contribution in [1.29, 1.82) is 0 Å². The Kier molecular flexibility index (Phi) is 6.84. The van der Waals surface area contributed by atoms with E-state index in [1.54, 1.807) is 7.11 Å². The highest BCUT2D eigenvalue weighted by Gasteiger charge is 2.08. The molecule has 2 heteroatoms. The van der Waals surface area contributed by atoms with E-state index in [-0.39, 0.29) is 12.1 Å². The molecule has 0 aromatic heterocycles. The van der Waals surface area contributed by atoms with Crippen molar-refractivity contribution in [3.05, 3.63) is 0 Å². The molecule has 0 saturated heterocycles. The van der Waals surface area contributed by atoms with Crippen LogP contribution in [0.5, 0.6) is 0 Å². The topological polar surface area (TPSA) is 21.3 Å². The molecule has 0 spiro atoms. The lowest BCUT2D eigenvalue weighted by Gasteiger charge is -2.16. The van der Waals surface area contributed by atoms with Crippen LogP contribution in [0.1, 0.15) is 26.7 Å². The molecule has 0 aliphatic carbocycles. The van der Waals surface area contributed by atoms with Gasteiger partial charge in [0.25, 0.3) is 0 Å². The third-order valence-corrected chi connectivity index (χ3v) is 1.81. The summed E-state index contributed by atoms with van der Waals surface area (Å²) < 4.78 is 5.13. The number of terminal acetylenes is 1. The van der Waals surface area contributed by atoms with Crippen molar-refractivity contribution >= 4 is 0 Å². The fraction of sp³-hybridized carbons (Fsp3) is 0.800. The fourth-order valence-electron chi connectivity index (χ4n) is 0.957. The van der Waals surface area contributed by atoms with E-state index in [0.717, 1.165) is 19.4 Å². The summed E-state index contributed by atoms with van der Waals surface area (Å²) in [5.41, 5.74) is 0. The second kappa shape index (κ2) is 7.15. The Bertz CT molecular complexity index is 139. The summed E-state index contributed by atoms with van der Waals surface area (Å²) in [4.78, 5) is 0. The van der Waals surface area contributed by atoms with Gasteiger partial charge in [0, 0.05) is 7.11 Å². The highest BCUT2D eigenvalue weighted by Crippen LogP contribution is 2.00. The van der Waals surface area contributed by atoms with Crippen molar-refractivity contribution in [3.8, 4) is 12.3 Å². The number of ether oxygens (including phenoxy) is 1. The molecule has 0 aliphatic rings. The van der Waals surface area contributed by atoms with Crippen LogP contribution in [0.3, 0.4) is 0 Å². The van der Waals surface area contributed by atoms with Gasteiger partial charge < -0.3 is 10.1 Å². The highest BCUT2D eigenvalue weighted by molar-refractivity contribution is 4.99. The molecule has 0 radical (unpaired) electrons. The van der Waals surface area contributed by atoms with E-state index in [9.17, 15) is 0 Å². The van der Waals surface area contributed by atoms with Gasteiger partial charge in [-0.2, -0.15) is 0 Å². The van der Waals surface area contributed by atoms with Crippen LogP contribution in [0.15, 0.2) is 0 Å². The van der Waals surface area contributed by atoms with Gasteiger partial charge >= 0.3 is 0 Å². The monoisotopic (exact) mass is 169 g/mol. The van der Waals surface area contributed by atoms with Gasteiger partial charge in [-0.25, -0.2) is 0 Å². The SMILES string of the molecule is C#CC(CC(C)OC)NCCC. The average molecular weight is 169 g/mol. The van der Waals surface area contributed by atoms with Gasteiger partial charge in [-0.15, -0.1) is 6.42 Å². The predicted octanol–water partition coefficient (Wildman–Crippen LogP) is 1.41.